The van der Waals surface area contributed by atoms with Crippen LogP contribution in [0, 0.1) is 0 Å². The number of ether oxygens (including phenoxy) is 1. The van der Waals surface area contributed by atoms with E-state index in [0.717, 1.165) is 11.3 Å². The molecule has 2 N–H and O–H groups in total. The number of urea groups is 1. The van der Waals surface area contributed by atoms with Crippen LogP contribution in [0.15, 0.2) is 48.5 Å². The van der Waals surface area contributed by atoms with Crippen molar-refractivity contribution >= 4 is 17.6 Å². The monoisotopic (exact) mass is 369 g/mol. The van der Waals surface area contributed by atoms with Gasteiger partial charge in [-0.15, -0.1) is 0 Å². The number of nitrogens with zero attached hydrogens (tertiary/aromatic N) is 1. The lowest BCUT2D eigenvalue weighted by molar-refractivity contribution is 0.0741. The SMILES string of the molecule is COc1ccccc1C(C)N(C)C(=O)c1cccc(NC(=O)NC(C)C)c1. The summed E-state index contributed by atoms with van der Waals surface area (Å²) in [5.74, 6) is 0.603. The predicted molar refractivity (Wildman–Crippen MR) is 107 cm³/mol. The summed E-state index contributed by atoms with van der Waals surface area (Å²) in [5, 5.41) is 5.50. The van der Waals surface area contributed by atoms with Gasteiger partial charge < -0.3 is 20.3 Å². The highest BCUT2D eigenvalue weighted by Gasteiger charge is 2.21. The molecule has 0 heterocycles. The Hall–Kier alpha value is -3.02. The van der Waals surface area contributed by atoms with Crippen LogP contribution in [-0.4, -0.2) is 37.0 Å². The zero-order valence-electron chi connectivity index (χ0n) is 16.4. The van der Waals surface area contributed by atoms with Crippen molar-refractivity contribution in [3.8, 4) is 5.75 Å². The summed E-state index contributed by atoms with van der Waals surface area (Å²) >= 11 is 0. The largest absolute Gasteiger partial charge is 0.496 e. The third-order valence-electron chi connectivity index (χ3n) is 4.28. The lowest BCUT2D eigenvalue weighted by Gasteiger charge is -2.27. The lowest BCUT2D eigenvalue weighted by atomic mass is 10.0. The zero-order chi connectivity index (χ0) is 20.0. The highest BCUT2D eigenvalue weighted by Crippen LogP contribution is 2.29. The van der Waals surface area contributed by atoms with Gasteiger partial charge in [-0.2, -0.15) is 0 Å². The molecule has 0 saturated carbocycles. The second kappa shape index (κ2) is 9.07. The Morgan fingerprint density at radius 2 is 1.74 bits per heavy atom. The van der Waals surface area contributed by atoms with Gasteiger partial charge in [-0.3, -0.25) is 4.79 Å². The van der Waals surface area contributed by atoms with Crippen LogP contribution < -0.4 is 15.4 Å². The third kappa shape index (κ3) is 5.23. The zero-order valence-corrected chi connectivity index (χ0v) is 16.4. The van der Waals surface area contributed by atoms with E-state index in [4.69, 9.17) is 4.74 Å². The van der Waals surface area contributed by atoms with E-state index in [1.165, 1.54) is 0 Å². The molecule has 0 radical (unpaired) electrons. The first-order chi connectivity index (χ1) is 12.8. The molecule has 0 aromatic heterocycles. The Morgan fingerprint density at radius 3 is 2.41 bits per heavy atom. The molecule has 0 spiro atoms. The van der Waals surface area contributed by atoms with Gasteiger partial charge in [0.1, 0.15) is 5.75 Å². The van der Waals surface area contributed by atoms with E-state index in [2.05, 4.69) is 10.6 Å². The maximum absolute atomic E-state index is 12.9. The molecule has 27 heavy (non-hydrogen) atoms. The number of hydrogen-bond donors (Lipinski definition) is 2. The van der Waals surface area contributed by atoms with Crippen molar-refractivity contribution in [3.63, 3.8) is 0 Å². The number of benzene rings is 2. The summed E-state index contributed by atoms with van der Waals surface area (Å²) in [7, 11) is 3.37. The van der Waals surface area contributed by atoms with Crippen LogP contribution in [0.3, 0.4) is 0 Å². The van der Waals surface area contributed by atoms with Crippen LogP contribution in [-0.2, 0) is 0 Å². The number of hydrogen-bond acceptors (Lipinski definition) is 3. The van der Waals surface area contributed by atoms with Gasteiger partial charge in [0.05, 0.1) is 13.2 Å². The van der Waals surface area contributed by atoms with E-state index in [9.17, 15) is 9.59 Å². The smallest absolute Gasteiger partial charge is 0.319 e. The standard InChI is InChI=1S/C21H27N3O3/c1-14(2)22-21(26)23-17-10-8-9-16(13-17)20(25)24(4)15(3)18-11-6-7-12-19(18)27-5/h6-15H,1-5H3,(H2,22,23,26). The Kier molecular flexibility index (Phi) is 6.82. The van der Waals surface area contributed by atoms with Crippen LogP contribution in [0.5, 0.6) is 5.75 Å². The van der Waals surface area contributed by atoms with Crippen LogP contribution in [0.1, 0.15) is 42.7 Å². The number of anilines is 1. The van der Waals surface area contributed by atoms with E-state index in [0.29, 0.717) is 11.3 Å². The minimum absolute atomic E-state index is 0.0302. The van der Waals surface area contributed by atoms with Crippen molar-refractivity contribution in [3.05, 3.63) is 59.7 Å². The summed E-state index contributed by atoms with van der Waals surface area (Å²) in [5.41, 5.74) is 2.00. The Bertz CT molecular complexity index is 805. The maximum atomic E-state index is 12.9. The number of nitrogens with one attached hydrogen (secondary N) is 2. The van der Waals surface area contributed by atoms with Crippen molar-refractivity contribution < 1.29 is 14.3 Å². The van der Waals surface area contributed by atoms with Gasteiger partial charge in [-0.1, -0.05) is 24.3 Å². The first-order valence-electron chi connectivity index (χ1n) is 8.91. The summed E-state index contributed by atoms with van der Waals surface area (Å²) < 4.78 is 5.40. The van der Waals surface area contributed by atoms with Gasteiger partial charge in [-0.05, 0) is 45.0 Å². The number of carbonyl (C=O) groups is 2. The van der Waals surface area contributed by atoms with E-state index in [1.54, 1.807) is 43.3 Å². The summed E-state index contributed by atoms with van der Waals surface area (Å²) in [4.78, 5) is 26.5. The average Bonchev–Trinajstić information content (AvgIpc) is 2.65. The van der Waals surface area contributed by atoms with Crippen molar-refractivity contribution in [2.45, 2.75) is 32.9 Å². The molecule has 0 aliphatic heterocycles. The van der Waals surface area contributed by atoms with Gasteiger partial charge in [0, 0.05) is 29.9 Å². The fourth-order valence-electron chi connectivity index (χ4n) is 2.76. The van der Waals surface area contributed by atoms with Crippen molar-refractivity contribution in [2.75, 3.05) is 19.5 Å². The molecule has 2 aromatic carbocycles. The Balaban J connectivity index is 2.16. The van der Waals surface area contributed by atoms with Crippen LogP contribution in [0.25, 0.3) is 0 Å². The minimum atomic E-state index is -0.301. The summed E-state index contributed by atoms with van der Waals surface area (Å²) in [6.07, 6.45) is 0. The normalized spacial score (nSPS) is 11.6. The Labute approximate surface area is 160 Å². The quantitative estimate of drug-likeness (QED) is 0.807. The second-order valence-corrected chi connectivity index (χ2v) is 6.67. The highest BCUT2D eigenvalue weighted by atomic mass is 16.5. The lowest BCUT2D eigenvalue weighted by Crippen LogP contribution is -2.34. The summed E-state index contributed by atoms with van der Waals surface area (Å²) in [6.45, 7) is 5.72. The second-order valence-electron chi connectivity index (χ2n) is 6.67. The van der Waals surface area contributed by atoms with E-state index < -0.39 is 0 Å². The summed E-state index contributed by atoms with van der Waals surface area (Å²) in [6, 6.07) is 14.1. The molecule has 0 aliphatic rings. The molecule has 1 atom stereocenters. The average molecular weight is 369 g/mol. The fourth-order valence-corrected chi connectivity index (χ4v) is 2.76. The van der Waals surface area contributed by atoms with E-state index in [-0.39, 0.29) is 24.0 Å². The molecule has 2 aromatic rings. The molecule has 0 aliphatic carbocycles. The van der Waals surface area contributed by atoms with Gasteiger partial charge in [-0.25, -0.2) is 4.79 Å². The molecular weight excluding hydrogens is 342 g/mol. The number of rotatable bonds is 6. The van der Waals surface area contributed by atoms with Gasteiger partial charge in [0.25, 0.3) is 5.91 Å². The molecule has 0 saturated heterocycles. The third-order valence-corrected chi connectivity index (χ3v) is 4.28. The number of amides is 3. The van der Waals surface area contributed by atoms with Crippen molar-refractivity contribution in [1.82, 2.24) is 10.2 Å². The number of carbonyl (C=O) groups excluding carboxylic acids is 2. The van der Waals surface area contributed by atoms with Crippen molar-refractivity contribution in [2.24, 2.45) is 0 Å². The topological polar surface area (TPSA) is 70.7 Å². The predicted octanol–water partition coefficient (Wildman–Crippen LogP) is 4.06. The first-order valence-corrected chi connectivity index (χ1v) is 8.91. The molecule has 6 nitrogen and oxygen atoms in total. The van der Waals surface area contributed by atoms with Crippen LogP contribution in [0.2, 0.25) is 0 Å². The number of para-hydroxylation sites is 1. The molecular formula is C21H27N3O3. The van der Waals surface area contributed by atoms with Gasteiger partial charge in [0.2, 0.25) is 0 Å². The van der Waals surface area contributed by atoms with E-state index >= 15 is 0 Å². The first kappa shape index (κ1) is 20.3. The number of methoxy groups -OCH3 is 1. The van der Waals surface area contributed by atoms with E-state index in [1.807, 2.05) is 45.0 Å². The minimum Gasteiger partial charge on any atom is -0.496 e. The maximum Gasteiger partial charge on any atom is 0.319 e. The molecule has 0 fully saturated rings. The molecule has 2 rings (SSSR count). The van der Waals surface area contributed by atoms with Crippen LogP contribution >= 0.6 is 0 Å². The van der Waals surface area contributed by atoms with Crippen LogP contribution in [0.4, 0.5) is 10.5 Å². The fraction of sp³-hybridized carbons (Fsp3) is 0.333. The molecule has 0 bridgehead atoms. The van der Waals surface area contributed by atoms with Gasteiger partial charge >= 0.3 is 6.03 Å². The molecule has 6 heteroatoms. The molecule has 1 unspecified atom stereocenters. The highest BCUT2D eigenvalue weighted by molar-refractivity contribution is 5.97. The van der Waals surface area contributed by atoms with Gasteiger partial charge in [0.15, 0.2) is 0 Å². The molecule has 3 amide bonds. The van der Waals surface area contributed by atoms with Crippen molar-refractivity contribution in [1.29, 1.82) is 0 Å². The Morgan fingerprint density at radius 1 is 1.04 bits per heavy atom. The molecule has 144 valence electrons.